The summed E-state index contributed by atoms with van der Waals surface area (Å²) in [4.78, 5) is 1.97. The maximum absolute atomic E-state index is 12.8. The van der Waals surface area contributed by atoms with Gasteiger partial charge in [-0.05, 0) is 39.7 Å². The van der Waals surface area contributed by atoms with Crippen molar-refractivity contribution < 1.29 is 13.2 Å². The largest absolute Gasteiger partial charge is 0.416 e. The Morgan fingerprint density at radius 3 is 2.29 bits per heavy atom. The van der Waals surface area contributed by atoms with Gasteiger partial charge in [-0.25, -0.2) is 0 Å². The van der Waals surface area contributed by atoms with Crippen molar-refractivity contribution in [3.05, 3.63) is 64.1 Å². The highest BCUT2D eigenvalue weighted by Gasteiger charge is 2.34. The average molecular weight is 356 g/mol. The molecule has 21 heavy (non-hydrogen) atoms. The molecule has 0 amide bonds. The molecule has 0 unspecified atom stereocenters. The zero-order valence-corrected chi connectivity index (χ0v) is 12.7. The molecule has 0 N–H and O–H groups in total. The van der Waals surface area contributed by atoms with E-state index in [1.165, 1.54) is 17.7 Å². The van der Waals surface area contributed by atoms with E-state index in [0.29, 0.717) is 16.1 Å². The summed E-state index contributed by atoms with van der Waals surface area (Å²) in [7, 11) is 0. The molecule has 0 spiro atoms. The molecule has 2 aromatic rings. The molecule has 0 aliphatic carbocycles. The van der Waals surface area contributed by atoms with Gasteiger partial charge >= 0.3 is 6.18 Å². The first-order valence-corrected chi connectivity index (χ1v) is 7.41. The van der Waals surface area contributed by atoms with Crippen molar-refractivity contribution in [3.63, 3.8) is 0 Å². The van der Waals surface area contributed by atoms with Gasteiger partial charge in [-0.3, -0.25) is 0 Å². The third kappa shape index (κ3) is 2.93. The fourth-order valence-corrected chi connectivity index (χ4v) is 3.04. The lowest BCUT2D eigenvalue weighted by atomic mass is 9.91. The van der Waals surface area contributed by atoms with E-state index in [-0.39, 0.29) is 0 Å². The number of anilines is 1. The van der Waals surface area contributed by atoms with Crippen molar-refractivity contribution in [3.8, 4) is 0 Å². The summed E-state index contributed by atoms with van der Waals surface area (Å²) < 4.78 is 39.1. The van der Waals surface area contributed by atoms with E-state index in [4.69, 9.17) is 0 Å². The summed E-state index contributed by atoms with van der Waals surface area (Å²) in [5.74, 6) is 0.382. The molecule has 1 heterocycles. The van der Waals surface area contributed by atoms with E-state index in [1.54, 1.807) is 0 Å². The van der Waals surface area contributed by atoms with Crippen LogP contribution in [-0.2, 0) is 6.18 Å². The standard InChI is InChI=1S/C16H13BrF3N/c17-14-7-6-13(16(18,19)20)8-15(14)21-9-12(10-21)11-4-2-1-3-5-11/h1-8,12H,9-10H2. The Balaban J connectivity index is 1.78. The van der Waals surface area contributed by atoms with Crippen molar-refractivity contribution in [1.29, 1.82) is 0 Å². The van der Waals surface area contributed by atoms with Crippen LogP contribution in [0.5, 0.6) is 0 Å². The summed E-state index contributed by atoms with van der Waals surface area (Å²) in [5.41, 5.74) is 1.23. The first-order valence-electron chi connectivity index (χ1n) is 6.62. The monoisotopic (exact) mass is 355 g/mol. The predicted octanol–water partition coefficient (Wildman–Crippen LogP) is 5.07. The molecular weight excluding hydrogens is 343 g/mol. The third-order valence-electron chi connectivity index (χ3n) is 3.77. The fraction of sp³-hybridized carbons (Fsp3) is 0.250. The summed E-state index contributed by atoms with van der Waals surface area (Å²) in [6.07, 6.45) is -4.31. The minimum Gasteiger partial charge on any atom is -0.369 e. The van der Waals surface area contributed by atoms with E-state index in [1.807, 2.05) is 23.1 Å². The van der Waals surface area contributed by atoms with Crippen LogP contribution >= 0.6 is 15.9 Å². The van der Waals surface area contributed by atoms with Crippen LogP contribution in [0.2, 0.25) is 0 Å². The number of hydrogen-bond donors (Lipinski definition) is 0. The van der Waals surface area contributed by atoms with Gasteiger partial charge in [0.05, 0.1) is 11.3 Å². The minimum absolute atomic E-state index is 0.382. The topological polar surface area (TPSA) is 3.24 Å². The second-order valence-electron chi connectivity index (χ2n) is 5.18. The van der Waals surface area contributed by atoms with Gasteiger partial charge in [0, 0.05) is 23.5 Å². The molecule has 110 valence electrons. The average Bonchev–Trinajstić information content (AvgIpc) is 2.39. The Morgan fingerprint density at radius 2 is 1.67 bits per heavy atom. The number of rotatable bonds is 2. The number of hydrogen-bond acceptors (Lipinski definition) is 1. The lowest BCUT2D eigenvalue weighted by Crippen LogP contribution is -2.45. The Labute approximate surface area is 129 Å². The first kappa shape index (κ1) is 14.4. The highest BCUT2D eigenvalue weighted by atomic mass is 79.9. The molecule has 0 atom stereocenters. The van der Waals surface area contributed by atoms with Crippen molar-refractivity contribution >= 4 is 21.6 Å². The van der Waals surface area contributed by atoms with E-state index in [0.717, 1.165) is 19.2 Å². The lowest BCUT2D eigenvalue weighted by molar-refractivity contribution is -0.137. The van der Waals surface area contributed by atoms with Crippen molar-refractivity contribution in [2.75, 3.05) is 18.0 Å². The number of alkyl halides is 3. The van der Waals surface area contributed by atoms with Crippen LogP contribution in [0, 0.1) is 0 Å². The Kier molecular flexibility index (Phi) is 3.69. The van der Waals surface area contributed by atoms with Gasteiger partial charge in [0.15, 0.2) is 0 Å². The normalized spacial score (nSPS) is 15.9. The molecule has 1 aliphatic rings. The fourth-order valence-electron chi connectivity index (χ4n) is 2.54. The van der Waals surface area contributed by atoms with Gasteiger partial charge in [0.1, 0.15) is 0 Å². The van der Waals surface area contributed by atoms with Crippen LogP contribution in [0.4, 0.5) is 18.9 Å². The molecule has 1 aliphatic heterocycles. The van der Waals surface area contributed by atoms with Crippen LogP contribution in [0.25, 0.3) is 0 Å². The van der Waals surface area contributed by atoms with Gasteiger partial charge in [-0.1, -0.05) is 30.3 Å². The molecule has 3 rings (SSSR count). The van der Waals surface area contributed by atoms with Crippen LogP contribution in [0.1, 0.15) is 17.0 Å². The maximum atomic E-state index is 12.8. The van der Waals surface area contributed by atoms with E-state index in [9.17, 15) is 13.2 Å². The highest BCUT2D eigenvalue weighted by Crippen LogP contribution is 2.39. The Hall–Kier alpha value is -1.49. The van der Waals surface area contributed by atoms with Crippen LogP contribution in [0.3, 0.4) is 0 Å². The third-order valence-corrected chi connectivity index (χ3v) is 4.44. The van der Waals surface area contributed by atoms with Crippen LogP contribution in [-0.4, -0.2) is 13.1 Å². The van der Waals surface area contributed by atoms with E-state index < -0.39 is 11.7 Å². The van der Waals surface area contributed by atoms with Crippen LogP contribution < -0.4 is 4.90 Å². The summed E-state index contributed by atoms with van der Waals surface area (Å²) in [5, 5.41) is 0. The molecule has 5 heteroatoms. The maximum Gasteiger partial charge on any atom is 0.416 e. The van der Waals surface area contributed by atoms with Gasteiger partial charge in [0.2, 0.25) is 0 Å². The molecule has 0 radical (unpaired) electrons. The van der Waals surface area contributed by atoms with Gasteiger partial charge in [-0.2, -0.15) is 13.2 Å². The molecule has 0 saturated carbocycles. The Morgan fingerprint density at radius 1 is 1.00 bits per heavy atom. The number of halogens is 4. The molecular formula is C16H13BrF3N. The van der Waals surface area contributed by atoms with Crippen molar-refractivity contribution in [1.82, 2.24) is 0 Å². The molecule has 0 aromatic heterocycles. The SMILES string of the molecule is FC(F)(F)c1ccc(Br)c(N2CC(c3ccccc3)C2)c1. The second-order valence-corrected chi connectivity index (χ2v) is 6.03. The second kappa shape index (κ2) is 5.37. The number of nitrogens with zero attached hydrogens (tertiary/aromatic N) is 1. The Bertz CT molecular complexity index is 634. The van der Waals surface area contributed by atoms with E-state index >= 15 is 0 Å². The van der Waals surface area contributed by atoms with Gasteiger partial charge in [-0.15, -0.1) is 0 Å². The predicted molar refractivity (Wildman–Crippen MR) is 80.5 cm³/mol. The molecule has 1 saturated heterocycles. The molecule has 2 aromatic carbocycles. The summed E-state index contributed by atoms with van der Waals surface area (Å²) in [6, 6.07) is 13.8. The zero-order valence-electron chi connectivity index (χ0n) is 11.1. The first-order chi connectivity index (χ1) is 9.95. The van der Waals surface area contributed by atoms with Crippen molar-refractivity contribution in [2.45, 2.75) is 12.1 Å². The van der Waals surface area contributed by atoms with E-state index in [2.05, 4.69) is 28.1 Å². The smallest absolute Gasteiger partial charge is 0.369 e. The number of benzene rings is 2. The van der Waals surface area contributed by atoms with Crippen LogP contribution in [0.15, 0.2) is 53.0 Å². The summed E-state index contributed by atoms with van der Waals surface area (Å²) >= 11 is 3.34. The lowest BCUT2D eigenvalue weighted by Gasteiger charge is -2.42. The van der Waals surface area contributed by atoms with Gasteiger partial charge < -0.3 is 4.90 Å². The highest BCUT2D eigenvalue weighted by molar-refractivity contribution is 9.10. The van der Waals surface area contributed by atoms with Gasteiger partial charge in [0.25, 0.3) is 0 Å². The molecule has 1 nitrogen and oxygen atoms in total. The minimum atomic E-state index is -4.31. The molecule has 0 bridgehead atoms. The summed E-state index contributed by atoms with van der Waals surface area (Å²) in [6.45, 7) is 1.48. The molecule has 1 fully saturated rings. The van der Waals surface area contributed by atoms with Crippen molar-refractivity contribution in [2.24, 2.45) is 0 Å². The zero-order chi connectivity index (χ0) is 15.0. The quantitative estimate of drug-likeness (QED) is 0.726.